The molecule has 1 atom stereocenters. The van der Waals surface area contributed by atoms with E-state index in [0.29, 0.717) is 0 Å². The van der Waals surface area contributed by atoms with Crippen LogP contribution in [0.2, 0.25) is 0 Å². The van der Waals surface area contributed by atoms with E-state index in [0.717, 1.165) is 16.7 Å². The van der Waals surface area contributed by atoms with E-state index in [9.17, 15) is 9.90 Å². The Morgan fingerprint density at radius 2 is 1.75 bits per heavy atom. The lowest BCUT2D eigenvalue weighted by Crippen LogP contribution is -2.12. The predicted molar refractivity (Wildman–Crippen MR) is 77.3 cm³/mol. The highest BCUT2D eigenvalue weighted by Gasteiger charge is 2.20. The van der Waals surface area contributed by atoms with Crippen molar-refractivity contribution >= 4 is 5.97 Å². The molecule has 0 aliphatic heterocycles. The van der Waals surface area contributed by atoms with Crippen LogP contribution in [0, 0.1) is 0 Å². The summed E-state index contributed by atoms with van der Waals surface area (Å²) in [5, 5.41) is 9.49. The summed E-state index contributed by atoms with van der Waals surface area (Å²) in [4.78, 5) is 11.7. The number of carbonyl (C=O) groups is 1. The van der Waals surface area contributed by atoms with Crippen molar-refractivity contribution in [2.24, 2.45) is 0 Å². The number of hydrogen-bond donors (Lipinski definition) is 1. The van der Waals surface area contributed by atoms with Crippen molar-refractivity contribution in [3.05, 3.63) is 71.3 Å². The zero-order valence-electron chi connectivity index (χ0n) is 11.5. The number of aliphatic hydroxyl groups excluding tert-OH is 1. The van der Waals surface area contributed by atoms with E-state index < -0.39 is 0 Å². The fourth-order valence-electron chi connectivity index (χ4n) is 2.36. The van der Waals surface area contributed by atoms with Gasteiger partial charge < -0.3 is 9.84 Å². The normalized spacial score (nSPS) is 11.9. The number of methoxy groups -OCH3 is 1. The summed E-state index contributed by atoms with van der Waals surface area (Å²) in [6.45, 7) is -0.0410. The summed E-state index contributed by atoms with van der Waals surface area (Å²) in [6.07, 6.45) is 0.261. The topological polar surface area (TPSA) is 46.5 Å². The first-order chi connectivity index (χ1) is 9.76. The molecular weight excluding hydrogens is 252 g/mol. The van der Waals surface area contributed by atoms with Crippen LogP contribution < -0.4 is 0 Å². The molecule has 1 N–H and O–H groups in total. The van der Waals surface area contributed by atoms with E-state index in [1.165, 1.54) is 7.11 Å². The summed E-state index contributed by atoms with van der Waals surface area (Å²) < 4.78 is 4.80. The smallest absolute Gasteiger partial charge is 0.306 e. The molecule has 0 amide bonds. The van der Waals surface area contributed by atoms with Crippen LogP contribution in [0.15, 0.2) is 54.6 Å². The second kappa shape index (κ2) is 6.87. The maximum atomic E-state index is 11.7. The molecule has 0 saturated carbocycles. The summed E-state index contributed by atoms with van der Waals surface area (Å²) in [6, 6.07) is 17.4. The van der Waals surface area contributed by atoms with Crippen molar-refractivity contribution in [1.82, 2.24) is 0 Å². The SMILES string of the molecule is COC(=O)CC(c1ccccc1)c1ccccc1CO. The Labute approximate surface area is 118 Å². The molecule has 0 aliphatic carbocycles. The van der Waals surface area contributed by atoms with Crippen molar-refractivity contribution in [3.63, 3.8) is 0 Å². The van der Waals surface area contributed by atoms with Gasteiger partial charge in [0.25, 0.3) is 0 Å². The van der Waals surface area contributed by atoms with Gasteiger partial charge in [0.2, 0.25) is 0 Å². The molecule has 0 aromatic heterocycles. The Morgan fingerprint density at radius 3 is 2.40 bits per heavy atom. The zero-order valence-corrected chi connectivity index (χ0v) is 11.5. The largest absolute Gasteiger partial charge is 0.469 e. The van der Waals surface area contributed by atoms with Gasteiger partial charge in [0.1, 0.15) is 0 Å². The highest BCUT2D eigenvalue weighted by atomic mass is 16.5. The second-order valence-electron chi connectivity index (χ2n) is 4.60. The molecule has 0 heterocycles. The lowest BCUT2D eigenvalue weighted by atomic mass is 9.86. The Kier molecular flexibility index (Phi) is 4.91. The monoisotopic (exact) mass is 270 g/mol. The first-order valence-corrected chi connectivity index (χ1v) is 6.56. The number of esters is 1. The Balaban J connectivity index is 2.43. The van der Waals surface area contributed by atoms with Crippen LogP contribution in [0.4, 0.5) is 0 Å². The molecule has 0 bridgehead atoms. The van der Waals surface area contributed by atoms with Crippen LogP contribution in [-0.2, 0) is 16.1 Å². The van der Waals surface area contributed by atoms with Gasteiger partial charge in [-0.25, -0.2) is 0 Å². The third kappa shape index (κ3) is 3.25. The molecule has 0 aliphatic rings. The molecule has 2 aromatic carbocycles. The molecule has 3 heteroatoms. The first kappa shape index (κ1) is 14.3. The zero-order chi connectivity index (χ0) is 14.4. The Morgan fingerprint density at radius 1 is 1.10 bits per heavy atom. The quantitative estimate of drug-likeness (QED) is 0.850. The number of hydrogen-bond acceptors (Lipinski definition) is 3. The minimum Gasteiger partial charge on any atom is -0.469 e. The number of aliphatic hydroxyl groups is 1. The van der Waals surface area contributed by atoms with Crippen molar-refractivity contribution in [1.29, 1.82) is 0 Å². The number of benzene rings is 2. The van der Waals surface area contributed by atoms with Gasteiger partial charge in [0.05, 0.1) is 20.1 Å². The van der Waals surface area contributed by atoms with Crippen LogP contribution in [-0.4, -0.2) is 18.2 Å². The molecule has 0 fully saturated rings. The van der Waals surface area contributed by atoms with Gasteiger partial charge >= 0.3 is 5.97 Å². The molecule has 0 radical (unpaired) electrons. The molecular formula is C17H18O3. The molecule has 3 nitrogen and oxygen atoms in total. The van der Waals surface area contributed by atoms with Crippen LogP contribution in [0.25, 0.3) is 0 Å². The number of rotatable bonds is 5. The van der Waals surface area contributed by atoms with Gasteiger partial charge in [0.15, 0.2) is 0 Å². The van der Waals surface area contributed by atoms with Gasteiger partial charge in [-0.2, -0.15) is 0 Å². The van der Waals surface area contributed by atoms with E-state index in [1.54, 1.807) is 0 Å². The van der Waals surface area contributed by atoms with Crippen LogP contribution >= 0.6 is 0 Å². The van der Waals surface area contributed by atoms with Crippen LogP contribution in [0.3, 0.4) is 0 Å². The average molecular weight is 270 g/mol. The van der Waals surface area contributed by atoms with Crippen molar-refractivity contribution in [2.45, 2.75) is 18.9 Å². The predicted octanol–water partition coefficient (Wildman–Crippen LogP) is 2.87. The molecule has 0 spiro atoms. The summed E-state index contributed by atoms with van der Waals surface area (Å²) in [7, 11) is 1.39. The van der Waals surface area contributed by atoms with E-state index >= 15 is 0 Å². The van der Waals surface area contributed by atoms with E-state index in [4.69, 9.17) is 4.74 Å². The van der Waals surface area contributed by atoms with Gasteiger partial charge in [-0.15, -0.1) is 0 Å². The fourth-order valence-corrected chi connectivity index (χ4v) is 2.36. The minimum absolute atomic E-state index is 0.0410. The van der Waals surface area contributed by atoms with Crippen LogP contribution in [0.5, 0.6) is 0 Å². The number of carbonyl (C=O) groups excluding carboxylic acids is 1. The molecule has 104 valence electrons. The Bertz CT molecular complexity index is 563. The third-order valence-electron chi connectivity index (χ3n) is 3.40. The maximum absolute atomic E-state index is 11.7. The minimum atomic E-state index is -0.258. The maximum Gasteiger partial charge on any atom is 0.306 e. The van der Waals surface area contributed by atoms with Crippen molar-refractivity contribution in [3.8, 4) is 0 Å². The summed E-state index contributed by atoms with van der Waals surface area (Å²) in [5.74, 6) is -0.362. The first-order valence-electron chi connectivity index (χ1n) is 6.56. The van der Waals surface area contributed by atoms with Crippen molar-refractivity contribution in [2.75, 3.05) is 7.11 Å². The van der Waals surface area contributed by atoms with Gasteiger partial charge in [-0.05, 0) is 16.7 Å². The van der Waals surface area contributed by atoms with E-state index in [-0.39, 0.29) is 24.9 Å². The van der Waals surface area contributed by atoms with E-state index in [1.807, 2.05) is 54.6 Å². The van der Waals surface area contributed by atoms with Gasteiger partial charge in [-0.3, -0.25) is 4.79 Å². The standard InChI is InChI=1S/C17H18O3/c1-20-17(19)11-16(13-7-3-2-4-8-13)15-10-6-5-9-14(15)12-18/h2-10,16,18H,11-12H2,1H3. The summed E-state index contributed by atoms with van der Waals surface area (Å²) in [5.41, 5.74) is 2.84. The summed E-state index contributed by atoms with van der Waals surface area (Å²) >= 11 is 0. The lowest BCUT2D eigenvalue weighted by molar-refractivity contribution is -0.140. The highest BCUT2D eigenvalue weighted by molar-refractivity contribution is 5.71. The fraction of sp³-hybridized carbons (Fsp3) is 0.235. The molecule has 0 saturated heterocycles. The molecule has 1 unspecified atom stereocenters. The second-order valence-corrected chi connectivity index (χ2v) is 4.60. The molecule has 2 aromatic rings. The third-order valence-corrected chi connectivity index (χ3v) is 3.40. The number of ether oxygens (including phenoxy) is 1. The Hall–Kier alpha value is -2.13. The lowest BCUT2D eigenvalue weighted by Gasteiger charge is -2.19. The average Bonchev–Trinajstić information content (AvgIpc) is 2.53. The van der Waals surface area contributed by atoms with E-state index in [2.05, 4.69) is 0 Å². The molecule has 20 heavy (non-hydrogen) atoms. The highest BCUT2D eigenvalue weighted by Crippen LogP contribution is 2.30. The van der Waals surface area contributed by atoms with Gasteiger partial charge in [0, 0.05) is 5.92 Å². The molecule has 2 rings (SSSR count). The van der Waals surface area contributed by atoms with Crippen LogP contribution in [0.1, 0.15) is 29.0 Å². The van der Waals surface area contributed by atoms with Crippen molar-refractivity contribution < 1.29 is 14.6 Å². The van der Waals surface area contributed by atoms with Gasteiger partial charge in [-0.1, -0.05) is 54.6 Å².